The summed E-state index contributed by atoms with van der Waals surface area (Å²) in [5.41, 5.74) is 0.359. The van der Waals surface area contributed by atoms with E-state index in [0.717, 1.165) is 25.9 Å². The Bertz CT molecular complexity index is 767. The third-order valence-corrected chi connectivity index (χ3v) is 4.40. The van der Waals surface area contributed by atoms with Crippen LogP contribution in [-0.2, 0) is 4.79 Å². The second kappa shape index (κ2) is 8.81. The monoisotopic (exact) mass is 351 g/mol. The van der Waals surface area contributed by atoms with Crippen LogP contribution in [0.4, 0.5) is 5.82 Å². The van der Waals surface area contributed by atoms with Crippen molar-refractivity contribution in [1.82, 2.24) is 15.3 Å². The Hall–Kier alpha value is -3.14. The zero-order chi connectivity index (χ0) is 18.2. The molecular weight excluding hydrogens is 330 g/mol. The van der Waals surface area contributed by atoms with E-state index >= 15 is 0 Å². The lowest BCUT2D eigenvalue weighted by molar-refractivity contribution is -0.123. The molecule has 26 heavy (non-hydrogen) atoms. The number of rotatable bonds is 6. The minimum absolute atomic E-state index is 0.0218. The summed E-state index contributed by atoms with van der Waals surface area (Å²) >= 11 is 0. The van der Waals surface area contributed by atoms with Gasteiger partial charge in [-0.05, 0) is 30.9 Å². The van der Waals surface area contributed by atoms with Crippen LogP contribution in [0.25, 0.3) is 0 Å². The topological polar surface area (TPSA) is 91.1 Å². The number of nitriles is 1. The lowest BCUT2D eigenvalue weighted by Gasteiger charge is -2.32. The Labute approximate surface area is 152 Å². The predicted molar refractivity (Wildman–Crippen MR) is 96.6 cm³/mol. The molecule has 1 aliphatic heterocycles. The summed E-state index contributed by atoms with van der Waals surface area (Å²) in [6, 6.07) is 11.4. The molecule has 0 atom stereocenters. The first kappa shape index (κ1) is 17.7. The van der Waals surface area contributed by atoms with Gasteiger partial charge in [-0.1, -0.05) is 18.2 Å². The number of carbonyl (C=O) groups is 1. The lowest BCUT2D eigenvalue weighted by Crippen LogP contribution is -2.40. The maximum absolute atomic E-state index is 11.9. The number of ether oxygens (including phenoxy) is 1. The van der Waals surface area contributed by atoms with Crippen LogP contribution in [0.2, 0.25) is 0 Å². The zero-order valence-corrected chi connectivity index (χ0v) is 14.5. The normalized spacial score (nSPS) is 14.5. The molecule has 0 spiro atoms. The van der Waals surface area contributed by atoms with Crippen LogP contribution in [0.3, 0.4) is 0 Å². The molecule has 2 aromatic rings. The Morgan fingerprint density at radius 2 is 1.96 bits per heavy atom. The Morgan fingerprint density at radius 3 is 2.69 bits per heavy atom. The number of carbonyl (C=O) groups excluding carboxylic acids is 1. The standard InChI is InChI=1S/C19H21N5O2/c20-12-17-19(22-9-8-21-17)24-10-6-15(7-11-24)13-23-18(25)14-26-16-4-2-1-3-5-16/h1-5,8-9,15H,6-7,10-11,13-14H2,(H,23,25). The maximum atomic E-state index is 11.9. The van der Waals surface area contributed by atoms with Crippen molar-refractivity contribution in [3.63, 3.8) is 0 Å². The van der Waals surface area contributed by atoms with E-state index in [1.807, 2.05) is 30.3 Å². The van der Waals surface area contributed by atoms with E-state index in [2.05, 4.69) is 26.3 Å². The van der Waals surface area contributed by atoms with Crippen molar-refractivity contribution in [1.29, 1.82) is 5.26 Å². The van der Waals surface area contributed by atoms with Crippen LogP contribution in [-0.4, -0.2) is 42.1 Å². The molecule has 7 nitrogen and oxygen atoms in total. The molecule has 0 unspecified atom stereocenters. The molecule has 1 aromatic carbocycles. The quantitative estimate of drug-likeness (QED) is 0.853. The Morgan fingerprint density at radius 1 is 1.23 bits per heavy atom. The summed E-state index contributed by atoms with van der Waals surface area (Å²) in [6.45, 7) is 2.26. The highest BCUT2D eigenvalue weighted by Crippen LogP contribution is 2.22. The number of hydrogen-bond acceptors (Lipinski definition) is 6. The fourth-order valence-electron chi connectivity index (χ4n) is 2.96. The maximum Gasteiger partial charge on any atom is 0.257 e. The van der Waals surface area contributed by atoms with Crippen molar-refractivity contribution >= 4 is 11.7 Å². The van der Waals surface area contributed by atoms with Gasteiger partial charge in [0.05, 0.1) is 0 Å². The van der Waals surface area contributed by atoms with Gasteiger partial charge in [0.25, 0.3) is 5.91 Å². The molecule has 0 radical (unpaired) electrons. The molecule has 0 aliphatic carbocycles. The molecule has 0 saturated carbocycles. The van der Waals surface area contributed by atoms with E-state index in [1.54, 1.807) is 6.20 Å². The number of anilines is 1. The van der Waals surface area contributed by atoms with Crippen LogP contribution in [0.5, 0.6) is 5.75 Å². The summed E-state index contributed by atoms with van der Waals surface area (Å²) in [7, 11) is 0. The average Bonchev–Trinajstić information content (AvgIpc) is 2.72. The Balaban J connectivity index is 1.40. The summed E-state index contributed by atoms with van der Waals surface area (Å²) in [6.07, 6.45) is 5.00. The number of aromatic nitrogens is 2. The molecular formula is C19H21N5O2. The Kier molecular flexibility index (Phi) is 5.99. The lowest BCUT2D eigenvalue weighted by atomic mass is 9.96. The first-order valence-electron chi connectivity index (χ1n) is 8.67. The van der Waals surface area contributed by atoms with Crippen LogP contribution in [0.15, 0.2) is 42.7 Å². The summed E-state index contributed by atoms with van der Waals surface area (Å²) in [4.78, 5) is 22.4. The van der Waals surface area contributed by atoms with Crippen LogP contribution in [0, 0.1) is 17.2 Å². The largest absolute Gasteiger partial charge is 0.484 e. The van der Waals surface area contributed by atoms with Gasteiger partial charge in [0.1, 0.15) is 11.8 Å². The van der Waals surface area contributed by atoms with Crippen LogP contribution in [0.1, 0.15) is 18.5 Å². The van der Waals surface area contributed by atoms with E-state index in [4.69, 9.17) is 10.00 Å². The van der Waals surface area contributed by atoms with Crippen molar-refractivity contribution < 1.29 is 9.53 Å². The molecule has 3 rings (SSSR count). The van der Waals surface area contributed by atoms with Crippen molar-refractivity contribution in [2.45, 2.75) is 12.8 Å². The third kappa shape index (κ3) is 4.70. The molecule has 1 fully saturated rings. The average molecular weight is 351 g/mol. The minimum Gasteiger partial charge on any atom is -0.484 e. The number of hydrogen-bond donors (Lipinski definition) is 1. The van der Waals surface area contributed by atoms with Gasteiger partial charge in [0.2, 0.25) is 0 Å². The van der Waals surface area contributed by atoms with Gasteiger partial charge in [-0.2, -0.15) is 5.26 Å². The molecule has 1 amide bonds. The van der Waals surface area contributed by atoms with Crippen molar-refractivity contribution in [3.8, 4) is 11.8 Å². The summed E-state index contributed by atoms with van der Waals surface area (Å²) in [5.74, 6) is 1.63. The first-order valence-corrected chi connectivity index (χ1v) is 8.67. The molecule has 1 saturated heterocycles. The number of benzene rings is 1. The second-order valence-corrected chi connectivity index (χ2v) is 6.18. The highest BCUT2D eigenvalue weighted by molar-refractivity contribution is 5.77. The number of para-hydroxylation sites is 1. The highest BCUT2D eigenvalue weighted by Gasteiger charge is 2.22. The molecule has 1 N–H and O–H groups in total. The van der Waals surface area contributed by atoms with E-state index in [9.17, 15) is 4.79 Å². The number of nitrogens with one attached hydrogen (secondary N) is 1. The van der Waals surface area contributed by atoms with Crippen LogP contribution >= 0.6 is 0 Å². The number of nitrogens with zero attached hydrogens (tertiary/aromatic N) is 4. The van der Waals surface area contributed by atoms with Gasteiger partial charge < -0.3 is 15.0 Å². The molecule has 7 heteroatoms. The summed E-state index contributed by atoms with van der Waals surface area (Å²) < 4.78 is 5.44. The number of piperidine rings is 1. The van der Waals surface area contributed by atoms with Crippen molar-refractivity contribution in [2.24, 2.45) is 5.92 Å². The number of amides is 1. The molecule has 1 aromatic heterocycles. The van der Waals surface area contributed by atoms with Gasteiger partial charge >= 0.3 is 0 Å². The predicted octanol–water partition coefficient (Wildman–Crippen LogP) is 1.76. The van der Waals surface area contributed by atoms with E-state index in [1.165, 1.54) is 6.20 Å². The first-order chi connectivity index (χ1) is 12.8. The molecule has 0 bridgehead atoms. The highest BCUT2D eigenvalue weighted by atomic mass is 16.5. The van der Waals surface area contributed by atoms with E-state index in [-0.39, 0.29) is 12.5 Å². The minimum atomic E-state index is -0.114. The zero-order valence-electron chi connectivity index (χ0n) is 14.5. The van der Waals surface area contributed by atoms with Gasteiger partial charge in [-0.25, -0.2) is 9.97 Å². The van der Waals surface area contributed by atoms with Gasteiger partial charge in [0.15, 0.2) is 18.1 Å². The fourth-order valence-corrected chi connectivity index (χ4v) is 2.96. The van der Waals surface area contributed by atoms with Gasteiger partial charge in [-0.15, -0.1) is 0 Å². The van der Waals surface area contributed by atoms with Crippen LogP contribution < -0.4 is 15.0 Å². The van der Waals surface area contributed by atoms with E-state index in [0.29, 0.717) is 29.7 Å². The van der Waals surface area contributed by atoms with Gasteiger partial charge in [-0.3, -0.25) is 4.79 Å². The molecule has 1 aliphatic rings. The second-order valence-electron chi connectivity index (χ2n) is 6.18. The third-order valence-electron chi connectivity index (χ3n) is 4.40. The molecule has 134 valence electrons. The van der Waals surface area contributed by atoms with Crippen molar-refractivity contribution in [3.05, 3.63) is 48.4 Å². The van der Waals surface area contributed by atoms with Crippen molar-refractivity contribution in [2.75, 3.05) is 31.1 Å². The summed E-state index contributed by atoms with van der Waals surface area (Å²) in [5, 5.41) is 12.1. The van der Waals surface area contributed by atoms with Gasteiger partial charge in [0, 0.05) is 32.0 Å². The smallest absolute Gasteiger partial charge is 0.257 e. The SMILES string of the molecule is N#Cc1nccnc1N1CCC(CNC(=O)COc2ccccc2)CC1. The fraction of sp³-hybridized carbons (Fsp3) is 0.368. The van der Waals surface area contributed by atoms with E-state index < -0.39 is 0 Å². The molecule has 2 heterocycles.